The van der Waals surface area contributed by atoms with Crippen LogP contribution in [0.25, 0.3) is 16.9 Å². The molecular formula is C19H17N5O3S3. The third-order valence-corrected chi connectivity index (χ3v) is 6.82. The first-order chi connectivity index (χ1) is 14.4. The Bertz CT molecular complexity index is 1300. The lowest BCUT2D eigenvalue weighted by Crippen LogP contribution is -2.26. The normalized spacial score (nSPS) is 13.5. The van der Waals surface area contributed by atoms with E-state index in [1.54, 1.807) is 14.7 Å². The van der Waals surface area contributed by atoms with Crippen LogP contribution in [0.4, 0.5) is 0 Å². The van der Waals surface area contributed by atoms with Crippen LogP contribution in [0.3, 0.4) is 0 Å². The molecule has 0 unspecified atom stereocenters. The van der Waals surface area contributed by atoms with Gasteiger partial charge in [-0.05, 0) is 31.3 Å². The van der Waals surface area contributed by atoms with Crippen molar-refractivity contribution in [2.24, 2.45) is 12.0 Å². The van der Waals surface area contributed by atoms with Gasteiger partial charge in [-0.15, -0.1) is 23.1 Å². The van der Waals surface area contributed by atoms with Crippen molar-refractivity contribution in [3.63, 3.8) is 0 Å². The minimum Gasteiger partial charge on any atom is -0.285 e. The van der Waals surface area contributed by atoms with Crippen molar-refractivity contribution in [1.29, 1.82) is 0 Å². The minimum atomic E-state index is -0.358. The van der Waals surface area contributed by atoms with Gasteiger partial charge in [-0.25, -0.2) is 14.4 Å². The van der Waals surface area contributed by atoms with E-state index in [0.29, 0.717) is 20.3 Å². The monoisotopic (exact) mass is 459 g/mol. The lowest BCUT2D eigenvalue weighted by molar-refractivity contribution is -0.116. The number of nitrogens with one attached hydrogen (secondary N) is 1. The Morgan fingerprint density at radius 1 is 1.27 bits per heavy atom. The van der Waals surface area contributed by atoms with E-state index >= 15 is 0 Å². The number of carbonyl (C=O) groups excluding carboxylic acids is 2. The zero-order valence-electron chi connectivity index (χ0n) is 16.1. The summed E-state index contributed by atoms with van der Waals surface area (Å²) < 4.78 is 5.20. The van der Waals surface area contributed by atoms with Crippen LogP contribution in [-0.2, 0) is 16.6 Å². The first-order valence-electron chi connectivity index (χ1n) is 8.95. The molecule has 0 spiro atoms. The number of thioether (sulfide) groups is 1. The summed E-state index contributed by atoms with van der Waals surface area (Å²) in [6.07, 6.45) is -0.0184. The molecule has 3 heterocycles. The summed E-state index contributed by atoms with van der Waals surface area (Å²) in [6.45, 7) is 1.85. The van der Waals surface area contributed by atoms with Gasteiger partial charge in [-0.3, -0.25) is 24.5 Å². The molecule has 0 radical (unpaired) electrons. The summed E-state index contributed by atoms with van der Waals surface area (Å²) in [5, 5.41) is 2.23. The van der Waals surface area contributed by atoms with Crippen LogP contribution in [0.15, 0.2) is 45.5 Å². The molecule has 1 aliphatic heterocycles. The topological polar surface area (TPSA) is 90.4 Å². The van der Waals surface area contributed by atoms with E-state index in [0.717, 1.165) is 11.4 Å². The number of rotatable bonds is 5. The number of benzene rings is 1. The average molecular weight is 460 g/mol. The van der Waals surface area contributed by atoms with Crippen LogP contribution >= 0.6 is 35.3 Å². The van der Waals surface area contributed by atoms with E-state index in [9.17, 15) is 14.4 Å². The second kappa shape index (κ2) is 8.17. The van der Waals surface area contributed by atoms with Crippen molar-refractivity contribution < 1.29 is 9.59 Å². The van der Waals surface area contributed by atoms with Gasteiger partial charge >= 0.3 is 0 Å². The maximum Gasteiger partial charge on any atom is 0.281 e. The van der Waals surface area contributed by atoms with Crippen molar-refractivity contribution in [3.05, 3.63) is 55.7 Å². The summed E-state index contributed by atoms with van der Waals surface area (Å²) in [5.74, 6) is -0.339. The van der Waals surface area contributed by atoms with Gasteiger partial charge in [0, 0.05) is 18.1 Å². The van der Waals surface area contributed by atoms with Gasteiger partial charge in [0.25, 0.3) is 11.5 Å². The van der Waals surface area contributed by atoms with Crippen LogP contribution in [0.5, 0.6) is 0 Å². The van der Waals surface area contributed by atoms with Gasteiger partial charge in [0.15, 0.2) is 3.95 Å². The minimum absolute atomic E-state index is 0.0184. The zero-order valence-corrected chi connectivity index (χ0v) is 18.6. The van der Waals surface area contributed by atoms with Crippen LogP contribution in [-0.4, -0.2) is 36.7 Å². The summed E-state index contributed by atoms with van der Waals surface area (Å²) in [7, 11) is 1.81. The molecule has 30 heavy (non-hydrogen) atoms. The van der Waals surface area contributed by atoms with E-state index < -0.39 is 0 Å². The second-order valence-electron chi connectivity index (χ2n) is 6.56. The number of carbonyl (C=O) groups is 2. The van der Waals surface area contributed by atoms with Crippen molar-refractivity contribution in [1.82, 2.24) is 14.0 Å². The van der Waals surface area contributed by atoms with Crippen molar-refractivity contribution >= 4 is 52.2 Å². The highest BCUT2D eigenvalue weighted by molar-refractivity contribution is 8.15. The predicted octanol–water partition coefficient (Wildman–Crippen LogP) is 2.88. The Balaban J connectivity index is 1.72. The van der Waals surface area contributed by atoms with E-state index in [-0.39, 0.29) is 29.5 Å². The number of aliphatic imine (C=N–C) groups is 1. The highest BCUT2D eigenvalue weighted by Gasteiger charge is 2.23. The van der Waals surface area contributed by atoms with Gasteiger partial charge in [-0.1, -0.05) is 18.2 Å². The molecule has 0 aliphatic carbocycles. The highest BCUT2D eigenvalue weighted by Crippen LogP contribution is 2.25. The van der Waals surface area contributed by atoms with Gasteiger partial charge in [0.2, 0.25) is 5.91 Å². The Labute approximate surface area is 184 Å². The summed E-state index contributed by atoms with van der Waals surface area (Å²) >= 11 is 7.88. The fourth-order valence-electron chi connectivity index (χ4n) is 3.19. The Morgan fingerprint density at radius 2 is 2.00 bits per heavy atom. The quantitative estimate of drug-likeness (QED) is 0.593. The Hall–Kier alpha value is -2.76. The van der Waals surface area contributed by atoms with E-state index in [2.05, 4.69) is 10.4 Å². The lowest BCUT2D eigenvalue weighted by atomic mass is 10.2. The van der Waals surface area contributed by atoms with Crippen LogP contribution in [0.2, 0.25) is 0 Å². The summed E-state index contributed by atoms with van der Waals surface area (Å²) in [5.41, 5.74) is 4.98. The molecule has 2 aromatic heterocycles. The maximum atomic E-state index is 13.3. The first kappa shape index (κ1) is 20.5. The molecular weight excluding hydrogens is 442 g/mol. The zero-order chi connectivity index (χ0) is 21.4. The molecule has 0 bridgehead atoms. The Kier molecular flexibility index (Phi) is 5.58. The number of aromatic nitrogens is 3. The van der Waals surface area contributed by atoms with E-state index in [1.807, 2.05) is 44.3 Å². The molecule has 0 atom stereocenters. The molecule has 3 aromatic rings. The van der Waals surface area contributed by atoms with Gasteiger partial charge in [0.05, 0.1) is 34.2 Å². The van der Waals surface area contributed by atoms with Gasteiger partial charge < -0.3 is 0 Å². The number of hydrogen-bond donors (Lipinski definition) is 1. The molecule has 8 nitrogen and oxygen atoms in total. The highest BCUT2D eigenvalue weighted by atomic mass is 32.2. The van der Waals surface area contributed by atoms with E-state index in [1.165, 1.54) is 27.8 Å². The van der Waals surface area contributed by atoms with E-state index in [4.69, 9.17) is 12.2 Å². The molecule has 1 aromatic carbocycles. The van der Waals surface area contributed by atoms with Gasteiger partial charge in [-0.2, -0.15) is 0 Å². The number of hydrogen-bond acceptors (Lipinski definition) is 6. The fourth-order valence-corrected chi connectivity index (χ4v) is 4.92. The van der Waals surface area contributed by atoms with Crippen LogP contribution in [0, 0.1) is 10.9 Å². The lowest BCUT2D eigenvalue weighted by Gasteiger charge is -2.09. The standard InChI is InChI=1S/C19H17N5O3S3/c1-11-17(18(27)24(22(11)2)12-6-4-3-5-7-12)13-9-30-19(28)23(13)21-14(25)8-16-20-15(26)10-29-16/h3-7,9H,8,10H2,1-2H3,(H,21,25). The molecule has 4 rings (SSSR count). The third kappa shape index (κ3) is 3.71. The van der Waals surface area contributed by atoms with Crippen molar-refractivity contribution in [3.8, 4) is 16.9 Å². The number of thiazole rings is 1. The molecule has 11 heteroatoms. The van der Waals surface area contributed by atoms with Crippen molar-refractivity contribution in [2.45, 2.75) is 13.3 Å². The summed E-state index contributed by atoms with van der Waals surface area (Å²) in [6, 6.07) is 9.33. The molecule has 1 aliphatic rings. The SMILES string of the molecule is Cc1c(-c2csc(=S)n2NC(=O)CC2=NC(=O)CS2)c(=O)n(-c2ccccc2)n1C. The number of para-hydroxylation sites is 1. The molecule has 0 saturated carbocycles. The molecule has 1 N–H and O–H groups in total. The van der Waals surface area contributed by atoms with Crippen LogP contribution < -0.4 is 11.0 Å². The molecule has 0 saturated heterocycles. The largest absolute Gasteiger partial charge is 0.285 e. The predicted molar refractivity (Wildman–Crippen MR) is 122 cm³/mol. The summed E-state index contributed by atoms with van der Waals surface area (Å²) in [4.78, 5) is 40.9. The number of nitrogens with zero attached hydrogens (tertiary/aromatic N) is 4. The Morgan fingerprint density at radius 3 is 2.67 bits per heavy atom. The average Bonchev–Trinajstić information content (AvgIpc) is 3.34. The fraction of sp³-hybridized carbons (Fsp3) is 0.211. The maximum absolute atomic E-state index is 13.3. The third-order valence-electron chi connectivity index (χ3n) is 4.67. The first-order valence-corrected chi connectivity index (χ1v) is 11.2. The smallest absolute Gasteiger partial charge is 0.281 e. The molecule has 154 valence electrons. The molecule has 0 fully saturated rings. The molecule has 2 amide bonds. The second-order valence-corrected chi connectivity index (χ2v) is 9.11. The van der Waals surface area contributed by atoms with Gasteiger partial charge in [0.1, 0.15) is 0 Å². The van der Waals surface area contributed by atoms with Crippen molar-refractivity contribution in [2.75, 3.05) is 11.2 Å². The van der Waals surface area contributed by atoms with Crippen LogP contribution in [0.1, 0.15) is 12.1 Å². The number of amides is 2.